The molecule has 0 aliphatic carbocycles. The number of nitrogens with one attached hydrogen (secondary N) is 2. The molecule has 0 atom stereocenters. The van der Waals surface area contributed by atoms with E-state index in [9.17, 15) is 4.39 Å². The third-order valence-corrected chi connectivity index (χ3v) is 2.21. The van der Waals surface area contributed by atoms with E-state index in [2.05, 4.69) is 20.6 Å². The minimum Gasteiger partial charge on any atom is -0.373 e. The molecule has 2 aromatic rings. The maximum Gasteiger partial charge on any atom is 0.136 e. The molecule has 1 aromatic heterocycles. The molecule has 2 rings (SSSR count). The van der Waals surface area contributed by atoms with Crippen molar-refractivity contribution in [1.29, 1.82) is 0 Å². The minimum absolute atomic E-state index is 0.259. The van der Waals surface area contributed by atoms with Gasteiger partial charge in [0.15, 0.2) is 0 Å². The second-order valence-electron chi connectivity index (χ2n) is 3.57. The Morgan fingerprint density at radius 2 is 1.71 bits per heavy atom. The first-order valence-electron chi connectivity index (χ1n) is 5.23. The summed E-state index contributed by atoms with van der Waals surface area (Å²) >= 11 is 0. The van der Waals surface area contributed by atoms with Crippen molar-refractivity contribution in [3.8, 4) is 0 Å². The van der Waals surface area contributed by atoms with Gasteiger partial charge in [-0.25, -0.2) is 14.4 Å². The van der Waals surface area contributed by atoms with Crippen LogP contribution in [0.1, 0.15) is 5.82 Å². The molecule has 1 aromatic carbocycles. The van der Waals surface area contributed by atoms with Gasteiger partial charge in [0.1, 0.15) is 23.3 Å². The Hall–Kier alpha value is -2.17. The van der Waals surface area contributed by atoms with Gasteiger partial charge in [0, 0.05) is 18.8 Å². The first-order chi connectivity index (χ1) is 8.17. The van der Waals surface area contributed by atoms with E-state index >= 15 is 0 Å². The molecule has 0 unspecified atom stereocenters. The fraction of sp³-hybridized carbons (Fsp3) is 0.167. The summed E-state index contributed by atoms with van der Waals surface area (Å²) in [5, 5.41) is 6.04. The molecule has 5 heteroatoms. The summed E-state index contributed by atoms with van der Waals surface area (Å²) in [6, 6.07) is 7.90. The zero-order chi connectivity index (χ0) is 12.3. The molecule has 0 saturated heterocycles. The summed E-state index contributed by atoms with van der Waals surface area (Å²) < 4.78 is 12.7. The van der Waals surface area contributed by atoms with Crippen LogP contribution in [0.2, 0.25) is 0 Å². The summed E-state index contributed by atoms with van der Waals surface area (Å²) in [7, 11) is 1.80. The Balaban J connectivity index is 2.23. The number of anilines is 3. The van der Waals surface area contributed by atoms with Crippen LogP contribution in [0, 0.1) is 12.7 Å². The molecule has 2 N–H and O–H groups in total. The normalized spacial score (nSPS) is 10.1. The third-order valence-electron chi connectivity index (χ3n) is 2.21. The lowest BCUT2D eigenvalue weighted by Gasteiger charge is -2.08. The van der Waals surface area contributed by atoms with Gasteiger partial charge in [0.05, 0.1) is 0 Å². The molecule has 88 valence electrons. The topological polar surface area (TPSA) is 49.8 Å². The molecule has 17 heavy (non-hydrogen) atoms. The van der Waals surface area contributed by atoms with E-state index in [0.717, 1.165) is 11.5 Å². The number of aryl methyl sites for hydroxylation is 1. The van der Waals surface area contributed by atoms with E-state index in [-0.39, 0.29) is 5.82 Å². The molecule has 0 radical (unpaired) electrons. The van der Waals surface area contributed by atoms with Crippen molar-refractivity contribution >= 4 is 17.3 Å². The fourth-order valence-electron chi connectivity index (χ4n) is 1.44. The SMILES string of the molecule is CNc1cc(Nc2ccc(F)cc2)nc(C)n1. The third kappa shape index (κ3) is 2.90. The number of rotatable bonds is 3. The highest BCUT2D eigenvalue weighted by molar-refractivity contribution is 5.58. The molecular weight excluding hydrogens is 219 g/mol. The zero-order valence-electron chi connectivity index (χ0n) is 9.66. The Morgan fingerprint density at radius 1 is 1.06 bits per heavy atom. The smallest absolute Gasteiger partial charge is 0.136 e. The lowest BCUT2D eigenvalue weighted by molar-refractivity contribution is 0.628. The number of hydrogen-bond donors (Lipinski definition) is 2. The van der Waals surface area contributed by atoms with Crippen LogP contribution in [0.3, 0.4) is 0 Å². The molecule has 1 heterocycles. The zero-order valence-corrected chi connectivity index (χ0v) is 9.66. The largest absolute Gasteiger partial charge is 0.373 e. The van der Waals surface area contributed by atoms with E-state index in [1.165, 1.54) is 12.1 Å². The summed E-state index contributed by atoms with van der Waals surface area (Å²) in [4.78, 5) is 8.43. The van der Waals surface area contributed by atoms with Gasteiger partial charge in [-0.3, -0.25) is 0 Å². The average molecular weight is 232 g/mol. The van der Waals surface area contributed by atoms with Gasteiger partial charge in [0.2, 0.25) is 0 Å². The van der Waals surface area contributed by atoms with Gasteiger partial charge in [0.25, 0.3) is 0 Å². The first-order valence-corrected chi connectivity index (χ1v) is 5.23. The molecule has 0 saturated carbocycles. The number of nitrogens with zero attached hydrogens (tertiary/aromatic N) is 2. The molecule has 0 amide bonds. The van der Waals surface area contributed by atoms with E-state index in [1.54, 1.807) is 25.2 Å². The van der Waals surface area contributed by atoms with Crippen molar-refractivity contribution in [2.24, 2.45) is 0 Å². The predicted molar refractivity (Wildman–Crippen MR) is 66.0 cm³/mol. The standard InChI is InChI=1S/C12H13FN4/c1-8-15-11(14-2)7-12(16-8)17-10-5-3-9(13)4-6-10/h3-7H,1-2H3,(H2,14,15,16,17). The molecule has 4 nitrogen and oxygen atoms in total. The monoisotopic (exact) mass is 232 g/mol. The Kier molecular flexibility index (Phi) is 3.18. The van der Waals surface area contributed by atoms with Gasteiger partial charge in [-0.05, 0) is 31.2 Å². The fourth-order valence-corrected chi connectivity index (χ4v) is 1.44. The van der Waals surface area contributed by atoms with Crippen LogP contribution in [0.5, 0.6) is 0 Å². The van der Waals surface area contributed by atoms with Gasteiger partial charge in [-0.15, -0.1) is 0 Å². The van der Waals surface area contributed by atoms with E-state index in [0.29, 0.717) is 11.6 Å². The summed E-state index contributed by atoms with van der Waals surface area (Å²) in [6.45, 7) is 1.82. The Bertz CT molecular complexity index is 510. The van der Waals surface area contributed by atoms with Gasteiger partial charge in [-0.2, -0.15) is 0 Å². The molecule has 0 bridgehead atoms. The van der Waals surface area contributed by atoms with Crippen LogP contribution in [0.15, 0.2) is 30.3 Å². The van der Waals surface area contributed by atoms with Crippen molar-refractivity contribution in [1.82, 2.24) is 9.97 Å². The number of benzene rings is 1. The van der Waals surface area contributed by atoms with Crippen LogP contribution >= 0.6 is 0 Å². The lowest BCUT2D eigenvalue weighted by Crippen LogP contribution is -2.01. The summed E-state index contributed by atoms with van der Waals surface area (Å²) in [5.41, 5.74) is 0.784. The van der Waals surface area contributed by atoms with Crippen LogP contribution in [0.4, 0.5) is 21.7 Å². The molecule has 0 aliphatic rings. The minimum atomic E-state index is -0.259. The van der Waals surface area contributed by atoms with Gasteiger partial charge < -0.3 is 10.6 Å². The van der Waals surface area contributed by atoms with Crippen molar-refractivity contribution < 1.29 is 4.39 Å². The van der Waals surface area contributed by atoms with Crippen LogP contribution in [-0.4, -0.2) is 17.0 Å². The average Bonchev–Trinajstić information content (AvgIpc) is 2.31. The number of halogens is 1. The van der Waals surface area contributed by atoms with E-state index < -0.39 is 0 Å². The van der Waals surface area contributed by atoms with E-state index in [4.69, 9.17) is 0 Å². The maximum atomic E-state index is 12.7. The molecule has 0 fully saturated rings. The molecule has 0 spiro atoms. The molecule has 0 aliphatic heterocycles. The van der Waals surface area contributed by atoms with E-state index in [1.807, 2.05) is 6.92 Å². The van der Waals surface area contributed by atoms with Crippen LogP contribution in [-0.2, 0) is 0 Å². The highest BCUT2D eigenvalue weighted by Gasteiger charge is 2.01. The highest BCUT2D eigenvalue weighted by Crippen LogP contribution is 2.17. The lowest BCUT2D eigenvalue weighted by atomic mass is 10.3. The highest BCUT2D eigenvalue weighted by atomic mass is 19.1. The first kappa shape index (κ1) is 11.3. The van der Waals surface area contributed by atoms with Crippen molar-refractivity contribution in [2.45, 2.75) is 6.92 Å². The van der Waals surface area contributed by atoms with Crippen molar-refractivity contribution in [3.63, 3.8) is 0 Å². The number of hydrogen-bond acceptors (Lipinski definition) is 4. The van der Waals surface area contributed by atoms with Gasteiger partial charge in [-0.1, -0.05) is 0 Å². The summed E-state index contributed by atoms with van der Waals surface area (Å²) in [6.07, 6.45) is 0. The maximum absolute atomic E-state index is 12.7. The van der Waals surface area contributed by atoms with Crippen molar-refractivity contribution in [2.75, 3.05) is 17.7 Å². The quantitative estimate of drug-likeness (QED) is 0.854. The van der Waals surface area contributed by atoms with Crippen LogP contribution in [0.25, 0.3) is 0 Å². The van der Waals surface area contributed by atoms with Crippen molar-refractivity contribution in [3.05, 3.63) is 42.0 Å². The second kappa shape index (κ2) is 4.78. The summed E-state index contributed by atoms with van der Waals surface area (Å²) in [5.74, 6) is 1.82. The van der Waals surface area contributed by atoms with Crippen LogP contribution < -0.4 is 10.6 Å². The predicted octanol–water partition coefficient (Wildman–Crippen LogP) is 2.71. The Labute approximate surface area is 98.9 Å². The number of aromatic nitrogens is 2. The van der Waals surface area contributed by atoms with Gasteiger partial charge >= 0.3 is 0 Å². The Morgan fingerprint density at radius 3 is 2.35 bits per heavy atom. The molecular formula is C12H13FN4. The second-order valence-corrected chi connectivity index (χ2v) is 3.57.